The summed E-state index contributed by atoms with van der Waals surface area (Å²) in [5.41, 5.74) is 2.42. The molecule has 90 valence electrons. The molecule has 2 rings (SSSR count). The Morgan fingerprint density at radius 1 is 1.19 bits per heavy atom. The fraction of sp³-hybridized carbons (Fsp3) is 0.692. The van der Waals surface area contributed by atoms with E-state index in [0.717, 1.165) is 0 Å². The van der Waals surface area contributed by atoms with E-state index < -0.39 is 8.56 Å². The molecule has 0 aliphatic heterocycles. The molecule has 1 unspecified atom stereocenters. The SMILES string of the molecule is CO[Si](OC)(C1C=CC(C)=C1)C1CCCC1. The number of hydrogen-bond donors (Lipinski definition) is 0. The normalized spacial score (nSPS) is 26.4. The van der Waals surface area contributed by atoms with Crippen LogP contribution in [0.5, 0.6) is 0 Å². The minimum Gasteiger partial charge on any atom is -0.397 e. The summed E-state index contributed by atoms with van der Waals surface area (Å²) in [7, 11) is 1.59. The first-order chi connectivity index (χ1) is 7.73. The Labute approximate surface area is 99.6 Å². The number of hydrogen-bond acceptors (Lipinski definition) is 2. The van der Waals surface area contributed by atoms with Gasteiger partial charge in [-0.25, -0.2) is 0 Å². The molecular weight excluding hydrogens is 216 g/mol. The number of allylic oxidation sites excluding steroid dienone is 4. The smallest absolute Gasteiger partial charge is 0.351 e. The summed E-state index contributed by atoms with van der Waals surface area (Å²) in [6, 6.07) is 0. The molecule has 3 heteroatoms. The van der Waals surface area contributed by atoms with Crippen LogP contribution in [0.2, 0.25) is 11.1 Å². The van der Waals surface area contributed by atoms with E-state index in [2.05, 4.69) is 25.2 Å². The lowest BCUT2D eigenvalue weighted by molar-refractivity contribution is 0.225. The average molecular weight is 238 g/mol. The molecule has 0 amide bonds. The van der Waals surface area contributed by atoms with Crippen LogP contribution in [0.3, 0.4) is 0 Å². The van der Waals surface area contributed by atoms with Crippen molar-refractivity contribution >= 4 is 8.56 Å². The first kappa shape index (κ1) is 12.1. The van der Waals surface area contributed by atoms with Gasteiger partial charge in [0, 0.05) is 25.3 Å². The summed E-state index contributed by atoms with van der Waals surface area (Å²) in [6.45, 7) is 2.15. The molecule has 2 nitrogen and oxygen atoms in total. The van der Waals surface area contributed by atoms with Gasteiger partial charge in [0.05, 0.1) is 0 Å². The van der Waals surface area contributed by atoms with Crippen LogP contribution >= 0.6 is 0 Å². The standard InChI is InChI=1S/C13H22O2Si/c1-11-8-9-13(10-11)16(14-2,15-3)12-6-4-5-7-12/h8-10,12-13H,4-7H2,1-3H3. The second-order valence-corrected chi connectivity index (χ2v) is 8.65. The van der Waals surface area contributed by atoms with Gasteiger partial charge in [0.2, 0.25) is 0 Å². The molecular formula is C13H22O2Si. The monoisotopic (exact) mass is 238 g/mol. The van der Waals surface area contributed by atoms with Crippen molar-refractivity contribution in [3.63, 3.8) is 0 Å². The van der Waals surface area contributed by atoms with Crippen LogP contribution in [-0.2, 0) is 8.85 Å². The van der Waals surface area contributed by atoms with E-state index in [0.29, 0.717) is 11.1 Å². The Balaban J connectivity index is 2.24. The maximum Gasteiger partial charge on any atom is 0.351 e. The van der Waals surface area contributed by atoms with E-state index in [-0.39, 0.29) is 0 Å². The minimum atomic E-state index is -2.08. The molecule has 0 saturated heterocycles. The molecule has 0 radical (unpaired) electrons. The first-order valence-electron chi connectivity index (χ1n) is 6.20. The van der Waals surface area contributed by atoms with Crippen LogP contribution in [0.15, 0.2) is 23.8 Å². The van der Waals surface area contributed by atoms with Gasteiger partial charge in [0.25, 0.3) is 0 Å². The third-order valence-corrected chi connectivity index (χ3v) is 8.32. The molecule has 0 heterocycles. The van der Waals surface area contributed by atoms with E-state index in [4.69, 9.17) is 8.85 Å². The molecule has 2 aliphatic carbocycles. The summed E-state index contributed by atoms with van der Waals surface area (Å²) in [4.78, 5) is 0. The largest absolute Gasteiger partial charge is 0.397 e. The highest BCUT2D eigenvalue weighted by Gasteiger charge is 2.50. The molecule has 0 N–H and O–H groups in total. The van der Waals surface area contributed by atoms with Crippen molar-refractivity contribution in [1.29, 1.82) is 0 Å². The van der Waals surface area contributed by atoms with Gasteiger partial charge in [-0.05, 0) is 19.8 Å². The zero-order valence-electron chi connectivity index (χ0n) is 10.5. The summed E-state index contributed by atoms with van der Waals surface area (Å²) in [5.74, 6) is 0. The number of rotatable bonds is 4. The second-order valence-electron chi connectivity index (χ2n) is 4.91. The van der Waals surface area contributed by atoms with E-state index >= 15 is 0 Å². The summed E-state index contributed by atoms with van der Waals surface area (Å²) >= 11 is 0. The zero-order valence-corrected chi connectivity index (χ0v) is 11.5. The lowest BCUT2D eigenvalue weighted by Crippen LogP contribution is -2.47. The highest BCUT2D eigenvalue weighted by Crippen LogP contribution is 2.47. The van der Waals surface area contributed by atoms with E-state index in [1.165, 1.54) is 31.3 Å². The highest BCUT2D eigenvalue weighted by atomic mass is 28.4. The maximum absolute atomic E-state index is 5.92. The fourth-order valence-corrected chi connectivity index (χ4v) is 7.18. The predicted molar refractivity (Wildman–Crippen MR) is 68.6 cm³/mol. The third-order valence-electron chi connectivity index (χ3n) is 4.04. The van der Waals surface area contributed by atoms with Crippen LogP contribution in [-0.4, -0.2) is 22.8 Å². The minimum absolute atomic E-state index is 0.408. The lowest BCUT2D eigenvalue weighted by atomic mass is 10.3. The van der Waals surface area contributed by atoms with Gasteiger partial charge >= 0.3 is 8.56 Å². The molecule has 16 heavy (non-hydrogen) atoms. The van der Waals surface area contributed by atoms with Crippen LogP contribution in [0.25, 0.3) is 0 Å². The molecule has 1 atom stereocenters. The summed E-state index contributed by atoms with van der Waals surface area (Å²) in [6.07, 6.45) is 12.0. The van der Waals surface area contributed by atoms with E-state index in [9.17, 15) is 0 Å². The molecule has 0 aromatic carbocycles. The van der Waals surface area contributed by atoms with Crippen molar-refractivity contribution in [2.75, 3.05) is 14.2 Å². The van der Waals surface area contributed by atoms with Gasteiger partial charge in [0.1, 0.15) is 0 Å². The van der Waals surface area contributed by atoms with Crippen molar-refractivity contribution < 1.29 is 8.85 Å². The lowest BCUT2D eigenvalue weighted by Gasteiger charge is -2.36. The van der Waals surface area contributed by atoms with Crippen molar-refractivity contribution in [2.45, 2.75) is 43.7 Å². The van der Waals surface area contributed by atoms with Crippen LogP contribution in [0, 0.1) is 0 Å². The summed E-state index contributed by atoms with van der Waals surface area (Å²) < 4.78 is 11.8. The van der Waals surface area contributed by atoms with Gasteiger partial charge < -0.3 is 8.85 Å². The molecule has 1 saturated carbocycles. The molecule has 1 fully saturated rings. The third kappa shape index (κ3) is 1.92. The maximum atomic E-state index is 5.92. The fourth-order valence-electron chi connectivity index (χ4n) is 3.19. The van der Waals surface area contributed by atoms with Gasteiger partial charge in [-0.15, -0.1) is 0 Å². The predicted octanol–water partition coefficient (Wildman–Crippen LogP) is 3.55. The second kappa shape index (κ2) is 4.86. The van der Waals surface area contributed by atoms with Gasteiger partial charge in [-0.3, -0.25) is 0 Å². The molecule has 0 bridgehead atoms. The van der Waals surface area contributed by atoms with Crippen molar-refractivity contribution in [1.82, 2.24) is 0 Å². The summed E-state index contributed by atoms with van der Waals surface area (Å²) in [5, 5.41) is 0. The topological polar surface area (TPSA) is 18.5 Å². The van der Waals surface area contributed by atoms with Gasteiger partial charge in [0.15, 0.2) is 0 Å². The molecule has 0 aromatic heterocycles. The van der Waals surface area contributed by atoms with Crippen molar-refractivity contribution in [2.24, 2.45) is 0 Å². The highest BCUT2D eigenvalue weighted by molar-refractivity contribution is 6.71. The van der Waals surface area contributed by atoms with E-state index in [1.54, 1.807) is 0 Å². The average Bonchev–Trinajstić information content (AvgIpc) is 2.93. The first-order valence-corrected chi connectivity index (χ1v) is 8.17. The Morgan fingerprint density at radius 2 is 1.81 bits per heavy atom. The molecule has 2 aliphatic rings. The van der Waals surface area contributed by atoms with Crippen molar-refractivity contribution in [3.05, 3.63) is 23.8 Å². The molecule has 0 spiro atoms. The molecule has 0 aromatic rings. The van der Waals surface area contributed by atoms with Crippen LogP contribution in [0.4, 0.5) is 0 Å². The van der Waals surface area contributed by atoms with Crippen LogP contribution in [0.1, 0.15) is 32.6 Å². The zero-order chi connectivity index (χ0) is 11.6. The van der Waals surface area contributed by atoms with Crippen molar-refractivity contribution in [3.8, 4) is 0 Å². The van der Waals surface area contributed by atoms with Gasteiger partial charge in [-0.2, -0.15) is 0 Å². The Bertz CT molecular complexity index is 299. The van der Waals surface area contributed by atoms with Gasteiger partial charge in [-0.1, -0.05) is 36.6 Å². The quantitative estimate of drug-likeness (QED) is 0.697. The Morgan fingerprint density at radius 3 is 2.25 bits per heavy atom. The van der Waals surface area contributed by atoms with E-state index in [1.807, 2.05) is 14.2 Å². The Kier molecular flexibility index (Phi) is 3.67. The Hall–Kier alpha value is -0.383. The van der Waals surface area contributed by atoms with Crippen LogP contribution < -0.4 is 0 Å².